The summed E-state index contributed by atoms with van der Waals surface area (Å²) in [5.41, 5.74) is 0.739. The Morgan fingerprint density at radius 1 is 1.36 bits per heavy atom. The molecule has 0 spiro atoms. The van der Waals surface area contributed by atoms with Gasteiger partial charge in [0.05, 0.1) is 6.54 Å². The highest BCUT2D eigenvalue weighted by Gasteiger charge is 2.12. The zero-order valence-electron chi connectivity index (χ0n) is 8.06. The van der Waals surface area contributed by atoms with Crippen molar-refractivity contribution in [3.8, 4) is 0 Å². The Bertz CT molecular complexity index is 308. The van der Waals surface area contributed by atoms with E-state index in [2.05, 4.69) is 0 Å². The number of carbonyl (C=O) groups is 1. The van der Waals surface area contributed by atoms with Gasteiger partial charge in [-0.15, -0.1) is 0 Å². The standard InChI is InChI=1S/C11H12NO2/c1-2-11(14)12(8-9-13)10-6-4-3-5-7-10/h3-7H,2,8H2,1H3. The average Bonchev–Trinajstić information content (AvgIpc) is 2.26. The Morgan fingerprint density at radius 3 is 2.50 bits per heavy atom. The Labute approximate surface area is 83.3 Å². The van der Waals surface area contributed by atoms with Gasteiger partial charge in [0.1, 0.15) is 0 Å². The maximum Gasteiger partial charge on any atom is 0.227 e. The van der Waals surface area contributed by atoms with E-state index in [-0.39, 0.29) is 12.5 Å². The summed E-state index contributed by atoms with van der Waals surface area (Å²) in [6, 6.07) is 9.12. The molecule has 0 aliphatic rings. The Balaban J connectivity index is 2.88. The summed E-state index contributed by atoms with van der Waals surface area (Å²) in [6.45, 7) is 1.76. The van der Waals surface area contributed by atoms with Crippen LogP contribution in [0, 0.1) is 0 Å². The van der Waals surface area contributed by atoms with Crippen LogP contribution in [0.15, 0.2) is 30.3 Å². The van der Waals surface area contributed by atoms with E-state index < -0.39 is 0 Å². The Morgan fingerprint density at radius 2 is 2.00 bits per heavy atom. The summed E-state index contributed by atoms with van der Waals surface area (Å²) in [5, 5.41) is 0. The fourth-order valence-electron chi connectivity index (χ4n) is 1.19. The molecule has 0 aliphatic heterocycles. The minimum Gasteiger partial charge on any atom is -0.305 e. The first-order valence-electron chi connectivity index (χ1n) is 4.50. The Hall–Kier alpha value is -1.64. The first kappa shape index (κ1) is 10.4. The van der Waals surface area contributed by atoms with E-state index >= 15 is 0 Å². The molecule has 3 heteroatoms. The highest BCUT2D eigenvalue weighted by Crippen LogP contribution is 2.13. The van der Waals surface area contributed by atoms with Crippen molar-refractivity contribution in [1.29, 1.82) is 0 Å². The molecular formula is C11H12NO2. The normalized spacial score (nSPS) is 9.50. The van der Waals surface area contributed by atoms with Gasteiger partial charge in [-0.05, 0) is 12.1 Å². The van der Waals surface area contributed by atoms with Crippen LogP contribution in [-0.2, 0) is 9.59 Å². The number of anilines is 1. The van der Waals surface area contributed by atoms with Gasteiger partial charge in [-0.2, -0.15) is 0 Å². The van der Waals surface area contributed by atoms with E-state index in [0.717, 1.165) is 5.69 Å². The molecule has 14 heavy (non-hydrogen) atoms. The van der Waals surface area contributed by atoms with E-state index in [4.69, 9.17) is 0 Å². The number of amides is 1. The lowest BCUT2D eigenvalue weighted by atomic mass is 10.2. The fraction of sp³-hybridized carbons (Fsp3) is 0.273. The lowest BCUT2D eigenvalue weighted by Crippen LogP contribution is -2.31. The monoisotopic (exact) mass is 190 g/mol. The number of benzene rings is 1. The zero-order chi connectivity index (χ0) is 10.4. The molecule has 0 unspecified atom stereocenters. The van der Waals surface area contributed by atoms with Crippen LogP contribution < -0.4 is 4.90 Å². The van der Waals surface area contributed by atoms with E-state index in [1.165, 1.54) is 4.90 Å². The molecule has 0 saturated carbocycles. The molecule has 0 bridgehead atoms. The molecule has 1 radical (unpaired) electrons. The van der Waals surface area contributed by atoms with E-state index in [1.807, 2.05) is 18.2 Å². The molecule has 0 saturated heterocycles. The van der Waals surface area contributed by atoms with Crippen LogP contribution in [0.25, 0.3) is 0 Å². The SMILES string of the molecule is CCC(=O)N(C[C]=O)c1ccccc1. The largest absolute Gasteiger partial charge is 0.305 e. The minimum atomic E-state index is -0.0699. The molecule has 1 aromatic rings. The van der Waals surface area contributed by atoms with Crippen molar-refractivity contribution in [3.05, 3.63) is 30.3 Å². The van der Waals surface area contributed by atoms with Crippen LogP contribution in [0.5, 0.6) is 0 Å². The minimum absolute atomic E-state index is 0.00329. The predicted molar refractivity (Wildman–Crippen MR) is 54.8 cm³/mol. The first-order valence-corrected chi connectivity index (χ1v) is 4.50. The average molecular weight is 190 g/mol. The third kappa shape index (κ3) is 2.42. The number of nitrogens with zero attached hydrogens (tertiary/aromatic N) is 1. The molecule has 0 aliphatic carbocycles. The summed E-state index contributed by atoms with van der Waals surface area (Å²) in [7, 11) is 0. The van der Waals surface area contributed by atoms with Crippen LogP contribution in [0.3, 0.4) is 0 Å². The number of hydrogen-bond acceptors (Lipinski definition) is 2. The van der Waals surface area contributed by atoms with Gasteiger partial charge in [0, 0.05) is 12.1 Å². The fourth-order valence-corrected chi connectivity index (χ4v) is 1.19. The number of rotatable bonds is 4. The summed E-state index contributed by atoms with van der Waals surface area (Å²) in [6.07, 6.45) is 2.12. The van der Waals surface area contributed by atoms with Gasteiger partial charge in [0.25, 0.3) is 0 Å². The number of hydrogen-bond donors (Lipinski definition) is 0. The van der Waals surface area contributed by atoms with Crippen molar-refractivity contribution >= 4 is 17.9 Å². The van der Waals surface area contributed by atoms with Gasteiger partial charge in [-0.1, -0.05) is 25.1 Å². The van der Waals surface area contributed by atoms with Crippen molar-refractivity contribution in [2.45, 2.75) is 13.3 Å². The molecule has 0 atom stereocenters. The van der Waals surface area contributed by atoms with Crippen molar-refractivity contribution in [2.24, 2.45) is 0 Å². The van der Waals surface area contributed by atoms with Crippen LogP contribution >= 0.6 is 0 Å². The molecule has 3 nitrogen and oxygen atoms in total. The summed E-state index contributed by atoms with van der Waals surface area (Å²) < 4.78 is 0. The molecular weight excluding hydrogens is 178 g/mol. The number of carbonyl (C=O) groups excluding carboxylic acids is 2. The zero-order valence-corrected chi connectivity index (χ0v) is 8.06. The summed E-state index contributed by atoms with van der Waals surface area (Å²) in [4.78, 5) is 23.2. The second-order valence-corrected chi connectivity index (χ2v) is 2.81. The quantitative estimate of drug-likeness (QED) is 0.722. The van der Waals surface area contributed by atoms with Crippen molar-refractivity contribution in [2.75, 3.05) is 11.4 Å². The van der Waals surface area contributed by atoms with Crippen LogP contribution in [-0.4, -0.2) is 18.7 Å². The van der Waals surface area contributed by atoms with Gasteiger partial charge in [-0.25, -0.2) is 0 Å². The van der Waals surface area contributed by atoms with E-state index in [9.17, 15) is 9.59 Å². The van der Waals surface area contributed by atoms with Gasteiger partial charge in [-0.3, -0.25) is 9.59 Å². The van der Waals surface area contributed by atoms with Crippen LogP contribution in [0.1, 0.15) is 13.3 Å². The van der Waals surface area contributed by atoms with Gasteiger partial charge < -0.3 is 4.90 Å². The molecule has 0 fully saturated rings. The van der Waals surface area contributed by atoms with Gasteiger partial charge in [0.2, 0.25) is 12.2 Å². The molecule has 73 valence electrons. The molecule has 0 N–H and O–H groups in total. The summed E-state index contributed by atoms with van der Waals surface area (Å²) >= 11 is 0. The molecule has 1 rings (SSSR count). The van der Waals surface area contributed by atoms with E-state index in [0.29, 0.717) is 6.42 Å². The van der Waals surface area contributed by atoms with Crippen LogP contribution in [0.4, 0.5) is 5.69 Å². The second kappa shape index (κ2) is 5.17. The topological polar surface area (TPSA) is 37.4 Å². The molecule has 0 aromatic heterocycles. The lowest BCUT2D eigenvalue weighted by molar-refractivity contribution is -0.118. The Kier molecular flexibility index (Phi) is 3.85. The first-order chi connectivity index (χ1) is 6.79. The highest BCUT2D eigenvalue weighted by molar-refractivity contribution is 5.95. The smallest absolute Gasteiger partial charge is 0.227 e. The third-order valence-corrected chi connectivity index (χ3v) is 1.89. The molecule has 0 heterocycles. The third-order valence-electron chi connectivity index (χ3n) is 1.89. The predicted octanol–water partition coefficient (Wildman–Crippen LogP) is 1.54. The van der Waals surface area contributed by atoms with Gasteiger partial charge in [0.15, 0.2) is 0 Å². The maximum absolute atomic E-state index is 11.4. The molecule has 1 amide bonds. The van der Waals surface area contributed by atoms with Crippen molar-refractivity contribution in [1.82, 2.24) is 0 Å². The lowest BCUT2D eigenvalue weighted by Gasteiger charge is -2.18. The molecule has 1 aromatic carbocycles. The highest BCUT2D eigenvalue weighted by atomic mass is 16.2. The van der Waals surface area contributed by atoms with Crippen molar-refractivity contribution in [3.63, 3.8) is 0 Å². The summed E-state index contributed by atoms with van der Waals surface area (Å²) in [5.74, 6) is -0.0699. The van der Waals surface area contributed by atoms with Crippen molar-refractivity contribution < 1.29 is 9.59 Å². The van der Waals surface area contributed by atoms with E-state index in [1.54, 1.807) is 25.3 Å². The maximum atomic E-state index is 11.4. The van der Waals surface area contributed by atoms with Gasteiger partial charge >= 0.3 is 0 Å². The number of para-hydroxylation sites is 1. The van der Waals surface area contributed by atoms with Crippen LogP contribution in [0.2, 0.25) is 0 Å². The second-order valence-electron chi connectivity index (χ2n) is 2.81.